The van der Waals surface area contributed by atoms with Gasteiger partial charge in [-0.05, 0) is 19.2 Å². The van der Waals surface area contributed by atoms with Gasteiger partial charge in [-0.3, -0.25) is 4.79 Å². The Balaban J connectivity index is 4.15. The molecular formula is C8H17N3O3S. The van der Waals surface area contributed by atoms with Crippen molar-refractivity contribution in [3.8, 4) is 0 Å². The summed E-state index contributed by atoms with van der Waals surface area (Å²) >= 11 is 1.34. The molecule has 0 aromatic carbocycles. The van der Waals surface area contributed by atoms with E-state index >= 15 is 0 Å². The molecule has 6 N–H and O–H groups in total. The van der Waals surface area contributed by atoms with Crippen LogP contribution in [0, 0.1) is 0 Å². The summed E-state index contributed by atoms with van der Waals surface area (Å²) in [5.74, 6) is -1.21. The molecule has 7 heteroatoms. The first-order valence-corrected chi connectivity index (χ1v) is 5.90. The fraction of sp³-hybridized carbons (Fsp3) is 0.750. The Hall–Kier alpha value is -0.790. The minimum Gasteiger partial charge on any atom is -0.480 e. The number of carbonyl (C=O) groups is 2. The zero-order chi connectivity index (χ0) is 11.8. The van der Waals surface area contributed by atoms with E-state index in [1.54, 1.807) is 6.26 Å². The lowest BCUT2D eigenvalue weighted by atomic mass is 10.2. The van der Waals surface area contributed by atoms with Gasteiger partial charge in [-0.15, -0.1) is 0 Å². The molecule has 0 aliphatic heterocycles. The number of hydrogen-bond acceptors (Lipinski definition) is 5. The maximum atomic E-state index is 11.4. The van der Waals surface area contributed by atoms with Crippen molar-refractivity contribution in [3.63, 3.8) is 0 Å². The van der Waals surface area contributed by atoms with Gasteiger partial charge in [0.25, 0.3) is 0 Å². The van der Waals surface area contributed by atoms with Gasteiger partial charge in [-0.1, -0.05) is 0 Å². The molecule has 0 aliphatic rings. The summed E-state index contributed by atoms with van der Waals surface area (Å²) in [6, 6.07) is -1.63. The lowest BCUT2D eigenvalue weighted by Crippen LogP contribution is -2.50. The highest BCUT2D eigenvalue weighted by Gasteiger charge is 2.22. The van der Waals surface area contributed by atoms with E-state index in [2.05, 4.69) is 5.32 Å². The van der Waals surface area contributed by atoms with Crippen LogP contribution in [0.2, 0.25) is 0 Å². The molecule has 0 heterocycles. The summed E-state index contributed by atoms with van der Waals surface area (Å²) in [7, 11) is 0. The Morgan fingerprint density at radius 1 is 1.53 bits per heavy atom. The molecule has 15 heavy (non-hydrogen) atoms. The SMILES string of the molecule is CSC[C@H](NC(=O)[C@@H](N)CCN)C(=O)O. The lowest BCUT2D eigenvalue weighted by Gasteiger charge is -2.16. The molecule has 0 aliphatic carbocycles. The van der Waals surface area contributed by atoms with Crippen LogP contribution >= 0.6 is 11.8 Å². The quantitative estimate of drug-likeness (QED) is 0.431. The summed E-state index contributed by atoms with van der Waals surface area (Å²) in [6.07, 6.45) is 2.11. The fourth-order valence-electron chi connectivity index (χ4n) is 0.931. The molecule has 2 atom stereocenters. The van der Waals surface area contributed by atoms with Crippen molar-refractivity contribution in [1.82, 2.24) is 5.32 Å². The summed E-state index contributed by atoms with van der Waals surface area (Å²) in [6.45, 7) is 0.300. The predicted molar refractivity (Wildman–Crippen MR) is 59.6 cm³/mol. The normalized spacial score (nSPS) is 14.3. The highest BCUT2D eigenvalue weighted by Crippen LogP contribution is 1.98. The van der Waals surface area contributed by atoms with Crippen LogP contribution in [0.15, 0.2) is 0 Å². The van der Waals surface area contributed by atoms with Gasteiger partial charge < -0.3 is 21.9 Å². The van der Waals surface area contributed by atoms with Crippen molar-refractivity contribution < 1.29 is 14.7 Å². The van der Waals surface area contributed by atoms with E-state index in [9.17, 15) is 9.59 Å². The number of aliphatic carboxylic acids is 1. The summed E-state index contributed by atoms with van der Waals surface area (Å²) in [5.41, 5.74) is 10.7. The smallest absolute Gasteiger partial charge is 0.327 e. The first-order valence-electron chi connectivity index (χ1n) is 4.50. The highest BCUT2D eigenvalue weighted by molar-refractivity contribution is 7.98. The van der Waals surface area contributed by atoms with E-state index in [4.69, 9.17) is 16.6 Å². The Bertz CT molecular complexity index is 225. The number of thioether (sulfide) groups is 1. The van der Waals surface area contributed by atoms with Crippen molar-refractivity contribution in [2.75, 3.05) is 18.6 Å². The van der Waals surface area contributed by atoms with Crippen molar-refractivity contribution in [2.45, 2.75) is 18.5 Å². The van der Waals surface area contributed by atoms with Gasteiger partial charge in [-0.2, -0.15) is 11.8 Å². The van der Waals surface area contributed by atoms with E-state index in [-0.39, 0.29) is 0 Å². The molecule has 0 radical (unpaired) electrons. The number of hydrogen-bond donors (Lipinski definition) is 4. The molecule has 88 valence electrons. The Kier molecular flexibility index (Phi) is 7.10. The van der Waals surface area contributed by atoms with E-state index < -0.39 is 24.0 Å². The number of carbonyl (C=O) groups excluding carboxylic acids is 1. The molecule has 0 spiro atoms. The fourth-order valence-corrected chi connectivity index (χ4v) is 1.49. The number of amides is 1. The minimum absolute atomic E-state index is 0.300. The maximum absolute atomic E-state index is 11.4. The van der Waals surface area contributed by atoms with Gasteiger partial charge in [0, 0.05) is 5.75 Å². The molecule has 0 saturated heterocycles. The van der Waals surface area contributed by atoms with Crippen LogP contribution in [-0.2, 0) is 9.59 Å². The van der Waals surface area contributed by atoms with Crippen molar-refractivity contribution >= 4 is 23.6 Å². The Morgan fingerprint density at radius 2 is 2.13 bits per heavy atom. The number of nitrogens with two attached hydrogens (primary N) is 2. The predicted octanol–water partition coefficient (Wildman–Crippen LogP) is -1.41. The Labute approximate surface area is 92.8 Å². The van der Waals surface area contributed by atoms with E-state index in [0.29, 0.717) is 18.7 Å². The molecule has 0 rings (SSSR count). The molecule has 1 amide bonds. The van der Waals surface area contributed by atoms with E-state index in [0.717, 1.165) is 0 Å². The standard InChI is InChI=1S/C8H17N3O3S/c1-15-4-6(8(13)14)11-7(12)5(10)2-3-9/h5-6H,2-4,9-10H2,1H3,(H,11,12)(H,13,14)/t5-,6-/m0/s1. The summed E-state index contributed by atoms with van der Waals surface area (Å²) < 4.78 is 0. The van der Waals surface area contributed by atoms with Crippen molar-refractivity contribution in [2.24, 2.45) is 11.5 Å². The van der Waals surface area contributed by atoms with Crippen LogP contribution in [0.5, 0.6) is 0 Å². The van der Waals surface area contributed by atoms with Crippen LogP contribution in [0.25, 0.3) is 0 Å². The van der Waals surface area contributed by atoms with Crippen LogP contribution < -0.4 is 16.8 Å². The minimum atomic E-state index is -1.06. The van der Waals surface area contributed by atoms with Crippen molar-refractivity contribution in [1.29, 1.82) is 0 Å². The lowest BCUT2D eigenvalue weighted by molar-refractivity contribution is -0.141. The van der Waals surface area contributed by atoms with Gasteiger partial charge >= 0.3 is 5.97 Å². The number of carboxylic acid groups (broad SMARTS) is 1. The van der Waals surface area contributed by atoms with Gasteiger partial charge in [-0.25, -0.2) is 4.79 Å². The second-order valence-corrected chi connectivity index (χ2v) is 3.95. The zero-order valence-electron chi connectivity index (χ0n) is 8.60. The second-order valence-electron chi connectivity index (χ2n) is 3.04. The van der Waals surface area contributed by atoms with Crippen LogP contribution in [-0.4, -0.2) is 47.6 Å². The van der Waals surface area contributed by atoms with Gasteiger partial charge in [0.1, 0.15) is 6.04 Å². The molecule has 0 bridgehead atoms. The third kappa shape index (κ3) is 5.60. The zero-order valence-corrected chi connectivity index (χ0v) is 9.42. The summed E-state index contributed by atoms with van der Waals surface area (Å²) in [4.78, 5) is 22.1. The molecular weight excluding hydrogens is 218 g/mol. The largest absolute Gasteiger partial charge is 0.480 e. The first kappa shape index (κ1) is 14.2. The van der Waals surface area contributed by atoms with Gasteiger partial charge in [0.15, 0.2) is 0 Å². The average molecular weight is 235 g/mol. The summed E-state index contributed by atoms with van der Waals surface area (Å²) in [5, 5.41) is 11.1. The third-order valence-electron chi connectivity index (χ3n) is 1.76. The monoisotopic (exact) mass is 235 g/mol. The first-order chi connectivity index (χ1) is 7.02. The molecule has 6 nitrogen and oxygen atoms in total. The maximum Gasteiger partial charge on any atom is 0.327 e. The van der Waals surface area contributed by atoms with E-state index in [1.807, 2.05) is 0 Å². The molecule has 0 aromatic heterocycles. The highest BCUT2D eigenvalue weighted by atomic mass is 32.2. The third-order valence-corrected chi connectivity index (χ3v) is 2.43. The number of nitrogens with one attached hydrogen (secondary N) is 1. The Morgan fingerprint density at radius 3 is 2.53 bits per heavy atom. The second kappa shape index (κ2) is 7.49. The van der Waals surface area contributed by atoms with Crippen molar-refractivity contribution in [3.05, 3.63) is 0 Å². The number of carboxylic acids is 1. The van der Waals surface area contributed by atoms with Crippen LogP contribution in [0.3, 0.4) is 0 Å². The molecule has 0 saturated carbocycles. The molecule has 0 aromatic rings. The van der Waals surface area contributed by atoms with Gasteiger partial charge in [0.2, 0.25) is 5.91 Å². The molecule has 0 unspecified atom stereocenters. The van der Waals surface area contributed by atoms with Crippen LogP contribution in [0.4, 0.5) is 0 Å². The molecule has 0 fully saturated rings. The van der Waals surface area contributed by atoms with Crippen LogP contribution in [0.1, 0.15) is 6.42 Å². The van der Waals surface area contributed by atoms with E-state index in [1.165, 1.54) is 11.8 Å². The topological polar surface area (TPSA) is 118 Å². The van der Waals surface area contributed by atoms with Gasteiger partial charge in [0.05, 0.1) is 6.04 Å². The number of rotatable bonds is 7. The average Bonchev–Trinajstić information content (AvgIpc) is 2.17.